The number of hydrogen-bond donors (Lipinski definition) is 1. The minimum atomic E-state index is -0.910. The molecule has 0 spiro atoms. The van der Waals surface area contributed by atoms with Gasteiger partial charge >= 0.3 is 11.9 Å². The van der Waals surface area contributed by atoms with E-state index in [1.165, 1.54) is 6.42 Å². The van der Waals surface area contributed by atoms with Crippen molar-refractivity contribution in [3.63, 3.8) is 0 Å². The van der Waals surface area contributed by atoms with Gasteiger partial charge in [0.05, 0.1) is 39.2 Å². The van der Waals surface area contributed by atoms with Crippen molar-refractivity contribution in [2.75, 3.05) is 32.1 Å². The number of carboxylic acids is 1. The molecule has 0 aromatic heterocycles. The summed E-state index contributed by atoms with van der Waals surface area (Å²) in [5.41, 5.74) is 0. The molecule has 0 saturated carbocycles. The molecular weight excluding hydrogens is 282 g/mol. The zero-order valence-electron chi connectivity index (χ0n) is 12.3. The molecule has 0 radical (unpaired) electrons. The van der Waals surface area contributed by atoms with Crippen LogP contribution in [0.25, 0.3) is 0 Å². The lowest BCUT2D eigenvalue weighted by molar-refractivity contribution is -0.811. The first-order valence-corrected chi connectivity index (χ1v) is 9.07. The number of carbonyl (C=O) groups excluding carboxylic acids is 1. The molecule has 112 valence electrons. The minimum Gasteiger partial charge on any atom is -0.481 e. The molecule has 1 N–H and O–H groups in total. The highest BCUT2D eigenvalue weighted by Crippen LogP contribution is 2.24. The number of aliphatic carboxylic acids is 1. The second-order valence-electron chi connectivity index (χ2n) is 5.52. The molecule has 0 aliphatic carbocycles. The third-order valence-electron chi connectivity index (χ3n) is 2.82. The number of carboxylic acid groups (broad SMARTS) is 1. The Labute approximate surface area is 124 Å². The van der Waals surface area contributed by atoms with E-state index < -0.39 is 5.97 Å². The zero-order valence-corrected chi connectivity index (χ0v) is 14.0. The van der Waals surface area contributed by atoms with Gasteiger partial charge in [-0.2, -0.15) is 0 Å². The standard InChI is InChI=1S/C13H25NO3S2/c1-11(2)7-9-18-19-10-8-14(3,4)12(15)5-6-13(16)17/h11H,5-10H2,1-4H3/p+1. The molecule has 0 atom stereocenters. The lowest BCUT2D eigenvalue weighted by atomic mass is 10.2. The van der Waals surface area contributed by atoms with Crippen LogP contribution in [0.15, 0.2) is 0 Å². The Morgan fingerprint density at radius 3 is 2.21 bits per heavy atom. The van der Waals surface area contributed by atoms with Crippen molar-refractivity contribution in [2.24, 2.45) is 5.92 Å². The fourth-order valence-electron chi connectivity index (χ4n) is 1.31. The molecular formula is C13H26NO3S2+. The number of quaternary nitrogens is 1. The van der Waals surface area contributed by atoms with Gasteiger partial charge in [0, 0.05) is 5.75 Å². The van der Waals surface area contributed by atoms with Crippen LogP contribution < -0.4 is 0 Å². The highest BCUT2D eigenvalue weighted by Gasteiger charge is 2.26. The number of rotatable bonds is 10. The summed E-state index contributed by atoms with van der Waals surface area (Å²) in [6.07, 6.45) is 1.26. The highest BCUT2D eigenvalue weighted by atomic mass is 33.1. The molecule has 0 heterocycles. The average Bonchev–Trinajstić information content (AvgIpc) is 2.29. The van der Waals surface area contributed by atoms with Crippen LogP contribution in [0.3, 0.4) is 0 Å². The normalized spacial score (nSPS) is 11.8. The van der Waals surface area contributed by atoms with Crippen LogP contribution in [0.5, 0.6) is 0 Å². The molecule has 0 aromatic rings. The van der Waals surface area contributed by atoms with Crippen LogP contribution in [-0.4, -0.2) is 53.6 Å². The summed E-state index contributed by atoms with van der Waals surface area (Å²) >= 11 is 0. The van der Waals surface area contributed by atoms with Gasteiger partial charge in [-0.3, -0.25) is 9.28 Å². The molecule has 4 nitrogen and oxygen atoms in total. The topological polar surface area (TPSA) is 54.4 Å². The lowest BCUT2D eigenvalue weighted by Gasteiger charge is -2.26. The van der Waals surface area contributed by atoms with Crippen LogP contribution in [0, 0.1) is 5.92 Å². The maximum atomic E-state index is 11.9. The second kappa shape index (κ2) is 9.66. The van der Waals surface area contributed by atoms with Crippen molar-refractivity contribution in [2.45, 2.75) is 33.1 Å². The Morgan fingerprint density at radius 2 is 1.68 bits per heavy atom. The third-order valence-corrected chi connectivity index (χ3v) is 5.24. The summed E-state index contributed by atoms with van der Waals surface area (Å²) in [6, 6.07) is 0. The predicted molar refractivity (Wildman–Crippen MR) is 83.2 cm³/mol. The number of hydrogen-bond acceptors (Lipinski definition) is 4. The Morgan fingerprint density at radius 1 is 1.11 bits per heavy atom. The molecule has 0 aliphatic rings. The molecule has 0 bridgehead atoms. The molecule has 0 aromatic carbocycles. The van der Waals surface area contributed by atoms with E-state index in [0.29, 0.717) is 0 Å². The van der Waals surface area contributed by atoms with Crippen LogP contribution >= 0.6 is 21.6 Å². The van der Waals surface area contributed by atoms with Gasteiger partial charge in [0.2, 0.25) is 0 Å². The van der Waals surface area contributed by atoms with E-state index in [9.17, 15) is 9.59 Å². The summed E-state index contributed by atoms with van der Waals surface area (Å²) in [5, 5.41) is 8.58. The largest absolute Gasteiger partial charge is 0.481 e. The SMILES string of the molecule is CC(C)CCSSCC[N+](C)(C)C(=O)CCC(=O)O. The fraction of sp³-hybridized carbons (Fsp3) is 0.846. The lowest BCUT2D eigenvalue weighted by Crippen LogP contribution is -2.47. The van der Waals surface area contributed by atoms with E-state index >= 15 is 0 Å². The Balaban J connectivity index is 3.77. The summed E-state index contributed by atoms with van der Waals surface area (Å²) in [5.74, 6) is 1.87. The van der Waals surface area contributed by atoms with Gasteiger partial charge in [-0.05, 0) is 12.3 Å². The average molecular weight is 308 g/mol. The second-order valence-corrected chi connectivity index (χ2v) is 8.22. The van der Waals surface area contributed by atoms with Crippen molar-refractivity contribution in [3.8, 4) is 0 Å². The summed E-state index contributed by atoms with van der Waals surface area (Å²) in [4.78, 5) is 22.3. The third kappa shape index (κ3) is 10.3. The predicted octanol–water partition coefficient (Wildman–Crippen LogP) is 2.88. The molecule has 0 saturated heterocycles. The van der Waals surface area contributed by atoms with Gasteiger partial charge < -0.3 is 5.11 Å². The van der Waals surface area contributed by atoms with Gasteiger partial charge in [0.15, 0.2) is 0 Å². The van der Waals surface area contributed by atoms with Crippen molar-refractivity contribution in [3.05, 3.63) is 0 Å². The van der Waals surface area contributed by atoms with E-state index in [1.54, 1.807) is 10.8 Å². The smallest absolute Gasteiger partial charge is 0.313 e. The van der Waals surface area contributed by atoms with Crippen LogP contribution in [0.1, 0.15) is 33.1 Å². The summed E-state index contributed by atoms with van der Waals surface area (Å²) in [6.45, 7) is 5.18. The molecule has 0 aliphatic heterocycles. The first-order chi connectivity index (χ1) is 8.75. The molecule has 0 fully saturated rings. The minimum absolute atomic E-state index is 0.00446. The van der Waals surface area contributed by atoms with Crippen molar-refractivity contribution >= 4 is 33.5 Å². The zero-order chi connectivity index (χ0) is 14.9. The summed E-state index contributed by atoms with van der Waals surface area (Å²) < 4.78 is 0.269. The maximum absolute atomic E-state index is 11.9. The monoisotopic (exact) mass is 308 g/mol. The number of amides is 1. The van der Waals surface area contributed by atoms with E-state index in [1.807, 2.05) is 24.9 Å². The Hall–Kier alpha value is -0.200. The molecule has 0 rings (SSSR count). The van der Waals surface area contributed by atoms with Gasteiger partial charge in [-0.1, -0.05) is 35.4 Å². The fourth-order valence-corrected chi connectivity index (χ4v) is 3.86. The van der Waals surface area contributed by atoms with Gasteiger partial charge in [-0.25, -0.2) is 4.79 Å². The highest BCUT2D eigenvalue weighted by molar-refractivity contribution is 8.76. The van der Waals surface area contributed by atoms with E-state index in [0.717, 1.165) is 24.0 Å². The maximum Gasteiger partial charge on any atom is 0.313 e. The van der Waals surface area contributed by atoms with Crippen LogP contribution in [0.4, 0.5) is 0 Å². The summed E-state index contributed by atoms with van der Waals surface area (Å²) in [7, 11) is 7.35. The van der Waals surface area contributed by atoms with Gasteiger partial charge in [0.25, 0.3) is 0 Å². The number of nitrogens with zero attached hydrogens (tertiary/aromatic N) is 1. The van der Waals surface area contributed by atoms with Crippen molar-refractivity contribution < 1.29 is 19.2 Å². The van der Waals surface area contributed by atoms with Crippen LogP contribution in [0.2, 0.25) is 0 Å². The number of carbonyl (C=O) groups is 2. The first-order valence-electron chi connectivity index (χ1n) is 6.58. The van der Waals surface area contributed by atoms with Crippen molar-refractivity contribution in [1.82, 2.24) is 0 Å². The van der Waals surface area contributed by atoms with E-state index in [4.69, 9.17) is 5.11 Å². The van der Waals surface area contributed by atoms with E-state index in [2.05, 4.69) is 13.8 Å². The first kappa shape index (κ1) is 18.8. The Bertz CT molecular complexity index is 294. The molecule has 0 unspecified atom stereocenters. The molecule has 6 heteroatoms. The Kier molecular flexibility index (Phi) is 9.56. The molecule has 1 amide bonds. The quantitative estimate of drug-likeness (QED) is 0.382. The van der Waals surface area contributed by atoms with Crippen molar-refractivity contribution in [1.29, 1.82) is 0 Å². The van der Waals surface area contributed by atoms with Gasteiger partial charge in [0.1, 0.15) is 0 Å². The molecule has 19 heavy (non-hydrogen) atoms. The van der Waals surface area contributed by atoms with Gasteiger partial charge in [-0.15, -0.1) is 0 Å². The van der Waals surface area contributed by atoms with E-state index in [-0.39, 0.29) is 23.2 Å². The van der Waals surface area contributed by atoms with Crippen LogP contribution in [-0.2, 0) is 9.59 Å².